The van der Waals surface area contributed by atoms with Gasteiger partial charge in [-0.2, -0.15) is 0 Å². The summed E-state index contributed by atoms with van der Waals surface area (Å²) >= 11 is 0. The molecular formula is C32H26N2O5. The topological polar surface area (TPSA) is 76.2 Å². The van der Waals surface area contributed by atoms with Gasteiger partial charge in [-0.15, -0.1) is 0 Å². The Morgan fingerprint density at radius 2 is 1.41 bits per heavy atom. The highest BCUT2D eigenvalue weighted by atomic mass is 16.7. The molecule has 4 aromatic carbocycles. The van der Waals surface area contributed by atoms with Crippen LogP contribution in [0.25, 0.3) is 0 Å². The van der Waals surface area contributed by atoms with Crippen LogP contribution in [0.5, 0.6) is 5.75 Å². The molecule has 194 valence electrons. The first-order chi connectivity index (χ1) is 19.0. The van der Waals surface area contributed by atoms with Gasteiger partial charge in [-0.05, 0) is 66.1 Å². The lowest BCUT2D eigenvalue weighted by atomic mass is 9.90. The lowest BCUT2D eigenvalue weighted by molar-refractivity contribution is -0.126. The van der Waals surface area contributed by atoms with E-state index in [4.69, 9.17) is 9.57 Å². The molecule has 2 heterocycles. The fourth-order valence-electron chi connectivity index (χ4n) is 5.16. The van der Waals surface area contributed by atoms with Crippen molar-refractivity contribution in [2.75, 3.05) is 9.96 Å². The third kappa shape index (κ3) is 4.47. The maximum Gasteiger partial charge on any atom is 0.343 e. The maximum atomic E-state index is 13.8. The molecule has 0 N–H and O–H groups in total. The van der Waals surface area contributed by atoms with Crippen molar-refractivity contribution in [3.05, 3.63) is 126 Å². The molecule has 0 spiro atoms. The third-order valence-electron chi connectivity index (χ3n) is 7.17. The Hall–Kier alpha value is -4.75. The molecule has 6 rings (SSSR count). The number of esters is 1. The van der Waals surface area contributed by atoms with Gasteiger partial charge in [-0.25, -0.2) is 14.8 Å². The zero-order valence-corrected chi connectivity index (χ0v) is 21.3. The van der Waals surface area contributed by atoms with Gasteiger partial charge in [0.1, 0.15) is 11.7 Å². The normalized spacial score (nSPS) is 20.3. The minimum absolute atomic E-state index is 0.308. The Morgan fingerprint density at radius 3 is 2.05 bits per heavy atom. The molecule has 2 fully saturated rings. The van der Waals surface area contributed by atoms with E-state index < -0.39 is 24.0 Å². The van der Waals surface area contributed by atoms with E-state index in [1.165, 1.54) is 4.90 Å². The Kier molecular flexibility index (Phi) is 6.42. The molecule has 0 bridgehead atoms. The van der Waals surface area contributed by atoms with Gasteiger partial charge in [0, 0.05) is 0 Å². The van der Waals surface area contributed by atoms with Gasteiger partial charge < -0.3 is 4.74 Å². The van der Waals surface area contributed by atoms with Crippen molar-refractivity contribution in [3.8, 4) is 5.75 Å². The second-order valence-electron chi connectivity index (χ2n) is 9.51. The van der Waals surface area contributed by atoms with E-state index in [1.54, 1.807) is 65.7 Å². The summed E-state index contributed by atoms with van der Waals surface area (Å²) in [6.45, 7) is 2.05. The molecule has 2 saturated heterocycles. The first-order valence-electron chi connectivity index (χ1n) is 12.9. The summed E-state index contributed by atoms with van der Waals surface area (Å²) < 4.78 is 5.54. The van der Waals surface area contributed by atoms with Crippen molar-refractivity contribution in [2.45, 2.75) is 25.5 Å². The summed E-state index contributed by atoms with van der Waals surface area (Å²) in [4.78, 5) is 47.3. The zero-order valence-electron chi connectivity index (χ0n) is 21.3. The van der Waals surface area contributed by atoms with E-state index in [1.807, 2.05) is 48.5 Å². The smallest absolute Gasteiger partial charge is 0.343 e. The standard InChI is InChI=1S/C32H26N2O5/c1-2-21-13-17-24(18-14-21)33-30(35)27-28(34(39-29(27)31(33)36)25-11-7-4-8-12-25)22-15-19-26(20-16-22)38-32(37)23-9-5-3-6-10-23/h3-20,27-29H,2H2,1H3/t27-,28+,29+/m1/s1. The van der Waals surface area contributed by atoms with Crippen molar-refractivity contribution >= 4 is 29.2 Å². The molecule has 7 nitrogen and oxygen atoms in total. The maximum absolute atomic E-state index is 13.8. The van der Waals surface area contributed by atoms with Gasteiger partial charge in [0.15, 0.2) is 6.10 Å². The SMILES string of the molecule is CCc1ccc(N2C(=O)[C@H]3[C@H](ON(c4ccccc4)[C@H]3c3ccc(OC(=O)c4ccccc4)cc3)C2=O)cc1. The van der Waals surface area contributed by atoms with Crippen LogP contribution in [0.2, 0.25) is 0 Å². The van der Waals surface area contributed by atoms with E-state index in [0.717, 1.165) is 23.2 Å². The van der Waals surface area contributed by atoms with Crippen molar-refractivity contribution < 1.29 is 24.0 Å². The molecule has 7 heteroatoms. The summed E-state index contributed by atoms with van der Waals surface area (Å²) in [5, 5.41) is 1.65. The third-order valence-corrected chi connectivity index (χ3v) is 7.17. The number of para-hydroxylation sites is 1. The summed E-state index contributed by atoms with van der Waals surface area (Å²) in [7, 11) is 0. The van der Waals surface area contributed by atoms with E-state index in [0.29, 0.717) is 17.0 Å². The Bertz CT molecular complexity index is 1500. The summed E-state index contributed by atoms with van der Waals surface area (Å²) in [5.74, 6) is -1.52. The van der Waals surface area contributed by atoms with Crippen LogP contribution in [-0.2, 0) is 20.8 Å². The van der Waals surface area contributed by atoms with Crippen LogP contribution < -0.4 is 14.7 Å². The monoisotopic (exact) mass is 518 g/mol. The zero-order chi connectivity index (χ0) is 26.9. The predicted molar refractivity (Wildman–Crippen MR) is 146 cm³/mol. The number of imide groups is 1. The Morgan fingerprint density at radius 1 is 0.769 bits per heavy atom. The minimum Gasteiger partial charge on any atom is -0.423 e. The largest absolute Gasteiger partial charge is 0.423 e. The molecule has 0 aromatic heterocycles. The Balaban J connectivity index is 1.32. The number of fused-ring (bicyclic) bond motifs is 1. The van der Waals surface area contributed by atoms with Gasteiger partial charge in [-0.1, -0.05) is 67.6 Å². The number of aryl methyl sites for hydroxylation is 1. The average molecular weight is 519 g/mol. The molecule has 4 aromatic rings. The number of anilines is 2. The molecule has 3 atom stereocenters. The second kappa shape index (κ2) is 10.2. The van der Waals surface area contributed by atoms with Crippen molar-refractivity contribution in [2.24, 2.45) is 5.92 Å². The number of carbonyl (C=O) groups is 3. The molecule has 0 radical (unpaired) electrons. The van der Waals surface area contributed by atoms with Crippen molar-refractivity contribution in [3.63, 3.8) is 0 Å². The van der Waals surface area contributed by atoms with E-state index in [2.05, 4.69) is 6.92 Å². The van der Waals surface area contributed by atoms with Crippen molar-refractivity contribution in [1.82, 2.24) is 0 Å². The first kappa shape index (κ1) is 24.6. The van der Waals surface area contributed by atoms with Gasteiger partial charge in [0.05, 0.1) is 23.0 Å². The molecule has 39 heavy (non-hydrogen) atoms. The van der Waals surface area contributed by atoms with Crippen LogP contribution in [0.3, 0.4) is 0 Å². The van der Waals surface area contributed by atoms with Gasteiger partial charge in [0.2, 0.25) is 5.91 Å². The molecule has 0 unspecified atom stereocenters. The molecule has 2 aliphatic heterocycles. The molecular weight excluding hydrogens is 492 g/mol. The highest BCUT2D eigenvalue weighted by Crippen LogP contribution is 2.47. The molecule has 0 aliphatic carbocycles. The van der Waals surface area contributed by atoms with Gasteiger partial charge >= 0.3 is 5.97 Å². The number of benzene rings is 4. The van der Waals surface area contributed by atoms with Crippen LogP contribution in [0.4, 0.5) is 11.4 Å². The summed E-state index contributed by atoms with van der Waals surface area (Å²) in [5.41, 5.74) is 3.60. The van der Waals surface area contributed by atoms with E-state index in [-0.39, 0.29) is 11.8 Å². The highest BCUT2D eigenvalue weighted by molar-refractivity contribution is 6.23. The number of amides is 2. The van der Waals surface area contributed by atoms with Crippen molar-refractivity contribution in [1.29, 1.82) is 0 Å². The van der Waals surface area contributed by atoms with Crippen LogP contribution >= 0.6 is 0 Å². The minimum atomic E-state index is -0.954. The van der Waals surface area contributed by atoms with Crippen LogP contribution in [0.15, 0.2) is 109 Å². The fraction of sp³-hybridized carbons (Fsp3) is 0.156. The Labute approximate surface area is 226 Å². The lowest BCUT2D eigenvalue weighted by Crippen LogP contribution is -2.37. The number of carbonyl (C=O) groups excluding carboxylic acids is 3. The first-order valence-corrected chi connectivity index (χ1v) is 12.9. The number of hydrogen-bond donors (Lipinski definition) is 0. The summed E-state index contributed by atoms with van der Waals surface area (Å²) in [6.07, 6.45) is -0.0921. The molecule has 2 aliphatic rings. The van der Waals surface area contributed by atoms with Crippen LogP contribution in [-0.4, -0.2) is 23.9 Å². The second-order valence-corrected chi connectivity index (χ2v) is 9.51. The van der Waals surface area contributed by atoms with Gasteiger partial charge in [0.25, 0.3) is 5.91 Å². The number of rotatable bonds is 6. The number of hydroxylamine groups is 1. The van der Waals surface area contributed by atoms with E-state index >= 15 is 0 Å². The number of nitrogens with zero attached hydrogens (tertiary/aromatic N) is 2. The number of ether oxygens (including phenoxy) is 1. The predicted octanol–water partition coefficient (Wildman–Crippen LogP) is 5.52. The molecule has 0 saturated carbocycles. The van der Waals surface area contributed by atoms with Crippen LogP contribution in [0.1, 0.15) is 34.5 Å². The average Bonchev–Trinajstić information content (AvgIpc) is 3.50. The number of hydrogen-bond acceptors (Lipinski definition) is 6. The molecule has 2 amide bonds. The highest BCUT2D eigenvalue weighted by Gasteiger charge is 2.60. The summed E-state index contributed by atoms with van der Waals surface area (Å²) in [6, 6.07) is 32.0. The van der Waals surface area contributed by atoms with Gasteiger partial charge in [-0.3, -0.25) is 14.4 Å². The van der Waals surface area contributed by atoms with Crippen LogP contribution in [0, 0.1) is 5.92 Å². The van der Waals surface area contributed by atoms with E-state index in [9.17, 15) is 14.4 Å². The fourth-order valence-corrected chi connectivity index (χ4v) is 5.16. The quantitative estimate of drug-likeness (QED) is 0.190. The lowest BCUT2D eigenvalue weighted by Gasteiger charge is -2.28.